The number of halogens is 1. The lowest BCUT2D eigenvalue weighted by atomic mass is 10.2. The second-order valence-corrected chi connectivity index (χ2v) is 8.83. The van der Waals surface area contributed by atoms with Gasteiger partial charge < -0.3 is 5.32 Å². The minimum absolute atomic E-state index is 0.0103. The molecule has 0 bridgehead atoms. The van der Waals surface area contributed by atoms with Gasteiger partial charge in [0.2, 0.25) is 5.91 Å². The van der Waals surface area contributed by atoms with Crippen LogP contribution < -0.4 is 5.32 Å². The van der Waals surface area contributed by atoms with Gasteiger partial charge in [-0.3, -0.25) is 4.79 Å². The number of rotatable bonds is 4. The van der Waals surface area contributed by atoms with Crippen LogP contribution in [0.25, 0.3) is 0 Å². The predicted molar refractivity (Wildman–Crippen MR) is 79.5 cm³/mol. The molecule has 0 radical (unpaired) electrons. The molecular formula is C12H17ClN2O3S2. The van der Waals surface area contributed by atoms with Gasteiger partial charge in [0.05, 0.1) is 4.34 Å². The molecule has 1 aliphatic heterocycles. The molecule has 8 heteroatoms. The van der Waals surface area contributed by atoms with E-state index in [2.05, 4.69) is 5.32 Å². The molecule has 0 aromatic carbocycles. The first kappa shape index (κ1) is 15.8. The molecule has 2 heterocycles. The second-order valence-electron chi connectivity index (χ2n) is 5.00. The van der Waals surface area contributed by atoms with Crippen molar-refractivity contribution >= 4 is 38.9 Å². The fourth-order valence-electron chi connectivity index (χ4n) is 2.22. The number of hydrogen-bond acceptors (Lipinski definition) is 4. The van der Waals surface area contributed by atoms with E-state index in [1.54, 1.807) is 6.07 Å². The van der Waals surface area contributed by atoms with Crippen LogP contribution in [-0.4, -0.2) is 37.3 Å². The topological polar surface area (TPSA) is 66.5 Å². The van der Waals surface area contributed by atoms with Crippen LogP contribution >= 0.6 is 22.9 Å². The number of hydrogen-bond donors (Lipinski definition) is 1. The number of amides is 1. The monoisotopic (exact) mass is 336 g/mol. The number of nitrogens with zero attached hydrogens (tertiary/aromatic N) is 1. The summed E-state index contributed by atoms with van der Waals surface area (Å²) in [6.07, 6.45) is 1.24. The standard InChI is InChI=1S/C12H17ClN2O3S2/c1-8(2)14-12(16)9-4-3-7-15(9)20(17,18)11-6-5-10(13)19-11/h5-6,8-9H,3-4,7H2,1-2H3,(H,14,16). The number of carbonyl (C=O) groups excluding carboxylic acids is 1. The molecule has 1 unspecified atom stereocenters. The van der Waals surface area contributed by atoms with E-state index in [9.17, 15) is 13.2 Å². The van der Waals surface area contributed by atoms with Gasteiger partial charge in [-0.1, -0.05) is 11.6 Å². The van der Waals surface area contributed by atoms with Crippen LogP contribution in [0.4, 0.5) is 0 Å². The average Bonchev–Trinajstić information content (AvgIpc) is 2.96. The molecule has 0 saturated carbocycles. The first-order valence-electron chi connectivity index (χ1n) is 6.40. The van der Waals surface area contributed by atoms with Gasteiger partial charge in [-0.25, -0.2) is 8.42 Å². The lowest BCUT2D eigenvalue weighted by Crippen LogP contribution is -2.47. The smallest absolute Gasteiger partial charge is 0.253 e. The zero-order valence-electron chi connectivity index (χ0n) is 11.3. The van der Waals surface area contributed by atoms with E-state index in [4.69, 9.17) is 11.6 Å². The summed E-state index contributed by atoms with van der Waals surface area (Å²) in [7, 11) is -3.64. The lowest BCUT2D eigenvalue weighted by Gasteiger charge is -2.23. The summed E-state index contributed by atoms with van der Waals surface area (Å²) in [5, 5.41) is 2.78. The molecule has 1 fully saturated rings. The molecule has 0 spiro atoms. The van der Waals surface area contributed by atoms with E-state index in [0.29, 0.717) is 23.7 Å². The highest BCUT2D eigenvalue weighted by Gasteiger charge is 2.40. The van der Waals surface area contributed by atoms with E-state index >= 15 is 0 Å². The highest BCUT2D eigenvalue weighted by atomic mass is 35.5. The summed E-state index contributed by atoms with van der Waals surface area (Å²) in [6.45, 7) is 4.07. The average molecular weight is 337 g/mol. The Bertz CT molecular complexity index is 598. The van der Waals surface area contributed by atoms with Crippen molar-refractivity contribution in [1.82, 2.24) is 9.62 Å². The SMILES string of the molecule is CC(C)NC(=O)C1CCCN1S(=O)(=O)c1ccc(Cl)s1. The Morgan fingerprint density at radius 2 is 2.20 bits per heavy atom. The Hall–Kier alpha value is -0.630. The number of nitrogens with one attached hydrogen (secondary N) is 1. The molecule has 1 aliphatic rings. The molecular weight excluding hydrogens is 320 g/mol. The second kappa shape index (κ2) is 6.01. The summed E-state index contributed by atoms with van der Waals surface area (Å²) in [5.41, 5.74) is 0. The van der Waals surface area contributed by atoms with Crippen molar-refractivity contribution < 1.29 is 13.2 Å². The Balaban J connectivity index is 2.24. The van der Waals surface area contributed by atoms with Gasteiger partial charge in [-0.2, -0.15) is 4.31 Å². The molecule has 112 valence electrons. The van der Waals surface area contributed by atoms with Gasteiger partial charge >= 0.3 is 0 Å². The third-order valence-corrected chi connectivity index (χ3v) is 6.66. The van der Waals surface area contributed by atoms with E-state index < -0.39 is 16.1 Å². The van der Waals surface area contributed by atoms with Gasteiger partial charge in [-0.15, -0.1) is 11.3 Å². The van der Waals surface area contributed by atoms with Crippen LogP contribution in [0.5, 0.6) is 0 Å². The number of thiophene rings is 1. The van der Waals surface area contributed by atoms with Gasteiger partial charge in [0, 0.05) is 12.6 Å². The molecule has 0 aliphatic carbocycles. The summed E-state index contributed by atoms with van der Waals surface area (Å²) < 4.78 is 27.0. The molecule has 1 aromatic rings. The summed E-state index contributed by atoms with van der Waals surface area (Å²) in [4.78, 5) is 12.1. The largest absolute Gasteiger partial charge is 0.353 e. The molecule has 2 rings (SSSR count). The first-order chi connectivity index (χ1) is 9.32. The summed E-state index contributed by atoms with van der Waals surface area (Å²) in [6, 6.07) is 2.41. The molecule has 1 amide bonds. The van der Waals surface area contributed by atoms with Crippen LogP contribution in [0.2, 0.25) is 4.34 Å². The molecule has 1 saturated heterocycles. The Morgan fingerprint density at radius 1 is 1.50 bits per heavy atom. The van der Waals surface area contributed by atoms with E-state index in [-0.39, 0.29) is 16.2 Å². The van der Waals surface area contributed by atoms with Crippen LogP contribution in [0, 0.1) is 0 Å². The fourth-order valence-corrected chi connectivity index (χ4v) is 5.49. The highest BCUT2D eigenvalue weighted by molar-refractivity contribution is 7.91. The zero-order chi connectivity index (χ0) is 14.9. The van der Waals surface area contributed by atoms with Gasteiger partial charge in [0.1, 0.15) is 10.3 Å². The van der Waals surface area contributed by atoms with Crippen LogP contribution in [0.3, 0.4) is 0 Å². The van der Waals surface area contributed by atoms with Gasteiger partial charge in [-0.05, 0) is 38.8 Å². The summed E-state index contributed by atoms with van der Waals surface area (Å²) in [5.74, 6) is -0.233. The third-order valence-electron chi connectivity index (χ3n) is 3.05. The first-order valence-corrected chi connectivity index (χ1v) is 9.03. The Kier molecular flexibility index (Phi) is 4.73. The van der Waals surface area contributed by atoms with Crippen LogP contribution in [0.1, 0.15) is 26.7 Å². The van der Waals surface area contributed by atoms with Gasteiger partial charge in [0.15, 0.2) is 0 Å². The van der Waals surface area contributed by atoms with E-state index in [1.165, 1.54) is 10.4 Å². The fraction of sp³-hybridized carbons (Fsp3) is 0.583. The van der Waals surface area contributed by atoms with Crippen molar-refractivity contribution in [3.8, 4) is 0 Å². The molecule has 1 N–H and O–H groups in total. The van der Waals surface area contributed by atoms with E-state index in [1.807, 2.05) is 13.8 Å². The quantitative estimate of drug-likeness (QED) is 0.915. The van der Waals surface area contributed by atoms with Crippen molar-refractivity contribution in [1.29, 1.82) is 0 Å². The predicted octanol–water partition coefficient (Wildman–Crippen LogP) is 2.08. The third kappa shape index (κ3) is 3.16. The van der Waals surface area contributed by atoms with Crippen molar-refractivity contribution in [2.45, 2.75) is 43.0 Å². The molecule has 5 nitrogen and oxygen atoms in total. The van der Waals surface area contributed by atoms with Crippen molar-refractivity contribution in [3.63, 3.8) is 0 Å². The Morgan fingerprint density at radius 3 is 2.75 bits per heavy atom. The van der Waals surface area contributed by atoms with Crippen LogP contribution in [-0.2, 0) is 14.8 Å². The zero-order valence-corrected chi connectivity index (χ0v) is 13.7. The maximum atomic E-state index is 12.5. The van der Waals surface area contributed by atoms with E-state index in [0.717, 1.165) is 11.3 Å². The minimum Gasteiger partial charge on any atom is -0.353 e. The van der Waals surface area contributed by atoms with Gasteiger partial charge in [0.25, 0.3) is 10.0 Å². The molecule has 1 atom stereocenters. The summed E-state index contributed by atoms with van der Waals surface area (Å²) >= 11 is 6.81. The van der Waals surface area contributed by atoms with Crippen molar-refractivity contribution in [3.05, 3.63) is 16.5 Å². The highest BCUT2D eigenvalue weighted by Crippen LogP contribution is 2.32. The van der Waals surface area contributed by atoms with Crippen LogP contribution in [0.15, 0.2) is 16.3 Å². The normalized spacial score (nSPS) is 20.5. The Labute approximate surface area is 128 Å². The number of sulfonamides is 1. The lowest BCUT2D eigenvalue weighted by molar-refractivity contribution is -0.124. The number of carbonyl (C=O) groups is 1. The maximum Gasteiger partial charge on any atom is 0.253 e. The maximum absolute atomic E-state index is 12.5. The molecule has 1 aromatic heterocycles. The van der Waals surface area contributed by atoms with Crippen molar-refractivity contribution in [2.75, 3.05) is 6.54 Å². The van der Waals surface area contributed by atoms with Crippen molar-refractivity contribution in [2.24, 2.45) is 0 Å². The minimum atomic E-state index is -3.64. The molecule has 20 heavy (non-hydrogen) atoms.